The molecule has 0 saturated carbocycles. The van der Waals surface area contributed by atoms with Crippen molar-refractivity contribution in [1.29, 1.82) is 0 Å². The van der Waals surface area contributed by atoms with E-state index in [0.717, 1.165) is 5.56 Å². The number of aliphatic imine (C=N–C) groups is 1. The van der Waals surface area contributed by atoms with Gasteiger partial charge in [0, 0.05) is 12.2 Å². The Labute approximate surface area is 164 Å². The summed E-state index contributed by atoms with van der Waals surface area (Å²) in [6.45, 7) is 10.3. The third-order valence-corrected chi connectivity index (χ3v) is 5.75. The van der Waals surface area contributed by atoms with Gasteiger partial charge in [-0.25, -0.2) is 9.79 Å². The number of fused-ring (bicyclic) bond motifs is 1. The van der Waals surface area contributed by atoms with Crippen LogP contribution in [0.5, 0.6) is 0 Å². The molecule has 1 fully saturated rings. The van der Waals surface area contributed by atoms with E-state index in [1.54, 1.807) is 23.6 Å². The second-order valence-corrected chi connectivity index (χ2v) is 8.81. The van der Waals surface area contributed by atoms with Crippen LogP contribution in [0.3, 0.4) is 0 Å². The molecule has 1 atom stereocenters. The van der Waals surface area contributed by atoms with Crippen LogP contribution < -0.4 is 0 Å². The van der Waals surface area contributed by atoms with Gasteiger partial charge in [-0.2, -0.15) is 0 Å². The molecule has 0 spiro atoms. The molecule has 0 unspecified atom stereocenters. The summed E-state index contributed by atoms with van der Waals surface area (Å²) >= 11 is 1.56. The molecule has 2 aliphatic rings. The number of amidine groups is 1. The van der Waals surface area contributed by atoms with Crippen LogP contribution in [0.1, 0.15) is 58.2 Å². The summed E-state index contributed by atoms with van der Waals surface area (Å²) in [4.78, 5) is 31.6. The summed E-state index contributed by atoms with van der Waals surface area (Å²) in [6, 6.07) is 7.66. The second-order valence-electron chi connectivity index (χ2n) is 7.75. The fourth-order valence-corrected chi connectivity index (χ4v) is 4.35. The molecule has 2 aliphatic heterocycles. The molecule has 1 saturated heterocycles. The Morgan fingerprint density at radius 1 is 1.30 bits per heavy atom. The van der Waals surface area contributed by atoms with E-state index in [4.69, 9.17) is 4.74 Å². The van der Waals surface area contributed by atoms with Crippen molar-refractivity contribution >= 4 is 28.8 Å². The number of carbonyl (C=O) groups is 2. The molecule has 1 amide bonds. The van der Waals surface area contributed by atoms with Gasteiger partial charge in [-0.1, -0.05) is 56.8 Å². The van der Waals surface area contributed by atoms with E-state index in [-0.39, 0.29) is 17.9 Å². The number of allylic oxidation sites excluding steroid dienone is 1. The van der Waals surface area contributed by atoms with E-state index >= 15 is 0 Å². The highest BCUT2D eigenvalue weighted by atomic mass is 32.2. The normalized spacial score (nSPS) is 20.3. The summed E-state index contributed by atoms with van der Waals surface area (Å²) in [6.07, 6.45) is 0.440. The molecule has 0 aliphatic carbocycles. The first-order valence-electron chi connectivity index (χ1n) is 9.26. The van der Waals surface area contributed by atoms with Crippen molar-refractivity contribution in [2.45, 2.75) is 52.5 Å². The van der Waals surface area contributed by atoms with Crippen molar-refractivity contribution in [2.75, 3.05) is 12.4 Å². The minimum absolute atomic E-state index is 0.00769. The number of amides is 1. The Morgan fingerprint density at radius 2 is 1.96 bits per heavy atom. The smallest absolute Gasteiger partial charge is 0.338 e. The summed E-state index contributed by atoms with van der Waals surface area (Å²) in [7, 11) is 0. The van der Waals surface area contributed by atoms with Crippen LogP contribution in [0.15, 0.2) is 40.5 Å². The van der Waals surface area contributed by atoms with Crippen LogP contribution in [-0.2, 0) is 19.7 Å². The highest BCUT2D eigenvalue weighted by Gasteiger charge is 2.41. The third kappa shape index (κ3) is 3.81. The number of hydrogen-bond donors (Lipinski definition) is 0. The topological polar surface area (TPSA) is 59.0 Å². The van der Waals surface area contributed by atoms with Gasteiger partial charge < -0.3 is 4.74 Å². The van der Waals surface area contributed by atoms with Crippen molar-refractivity contribution in [3.05, 3.63) is 46.7 Å². The van der Waals surface area contributed by atoms with Gasteiger partial charge >= 0.3 is 5.97 Å². The summed E-state index contributed by atoms with van der Waals surface area (Å²) < 4.78 is 5.29. The molecule has 0 N–H and O–H groups in total. The third-order valence-electron chi connectivity index (χ3n) is 4.79. The second kappa shape index (κ2) is 7.50. The van der Waals surface area contributed by atoms with E-state index in [1.165, 1.54) is 5.56 Å². The maximum Gasteiger partial charge on any atom is 0.338 e. The molecule has 1 aromatic rings. The van der Waals surface area contributed by atoms with E-state index in [0.29, 0.717) is 28.6 Å². The molecule has 0 bridgehead atoms. The number of ether oxygens (including phenoxy) is 1. The van der Waals surface area contributed by atoms with Crippen molar-refractivity contribution in [3.63, 3.8) is 0 Å². The van der Waals surface area contributed by atoms with Gasteiger partial charge in [0.2, 0.25) is 5.91 Å². The number of benzene rings is 1. The SMILES string of the molecule is CCOC(=O)C1=C(C)N=C2SCCC(=O)N2[C@H]1c1ccc(C(C)(C)C)cc1. The Morgan fingerprint density at radius 3 is 2.56 bits per heavy atom. The van der Waals surface area contributed by atoms with E-state index in [2.05, 4.69) is 37.9 Å². The van der Waals surface area contributed by atoms with E-state index in [1.807, 2.05) is 19.1 Å². The highest BCUT2D eigenvalue weighted by molar-refractivity contribution is 8.14. The van der Waals surface area contributed by atoms with E-state index in [9.17, 15) is 9.59 Å². The van der Waals surface area contributed by atoms with Gasteiger partial charge in [0.25, 0.3) is 0 Å². The minimum Gasteiger partial charge on any atom is -0.463 e. The monoisotopic (exact) mass is 386 g/mol. The van der Waals surface area contributed by atoms with Gasteiger partial charge in [0.05, 0.1) is 23.9 Å². The Kier molecular flexibility index (Phi) is 5.47. The molecule has 6 heteroatoms. The zero-order valence-electron chi connectivity index (χ0n) is 16.5. The van der Waals surface area contributed by atoms with Gasteiger partial charge in [-0.3, -0.25) is 9.69 Å². The average Bonchev–Trinajstić information content (AvgIpc) is 2.60. The first kappa shape index (κ1) is 19.7. The van der Waals surface area contributed by atoms with Gasteiger partial charge in [0.1, 0.15) is 0 Å². The summed E-state index contributed by atoms with van der Waals surface area (Å²) in [5.74, 6) is 0.295. The molecule has 3 rings (SSSR count). The van der Waals surface area contributed by atoms with Crippen molar-refractivity contribution in [1.82, 2.24) is 4.90 Å². The summed E-state index contributed by atoms with van der Waals surface area (Å²) in [5.41, 5.74) is 3.19. The first-order valence-corrected chi connectivity index (χ1v) is 10.2. The zero-order valence-corrected chi connectivity index (χ0v) is 17.4. The Bertz CT molecular complexity index is 819. The quantitative estimate of drug-likeness (QED) is 0.731. The van der Waals surface area contributed by atoms with Crippen molar-refractivity contribution in [3.8, 4) is 0 Å². The maximum absolute atomic E-state index is 12.7. The minimum atomic E-state index is -0.495. The van der Waals surface area contributed by atoms with Crippen molar-refractivity contribution < 1.29 is 14.3 Å². The molecule has 1 aromatic carbocycles. The fraction of sp³-hybridized carbons (Fsp3) is 0.476. The standard InChI is InChI=1S/C21H26N2O3S/c1-6-26-19(25)17-13(2)22-20-23(16(24)11-12-27-20)18(17)14-7-9-15(10-8-14)21(3,4)5/h7-10,18H,6,11-12H2,1-5H3/t18-/m0/s1. The number of esters is 1. The maximum atomic E-state index is 12.7. The molecular weight excluding hydrogens is 360 g/mol. The molecule has 5 nitrogen and oxygen atoms in total. The van der Waals surface area contributed by atoms with Gasteiger partial charge in [-0.05, 0) is 30.4 Å². The van der Waals surface area contributed by atoms with Crippen molar-refractivity contribution in [2.24, 2.45) is 4.99 Å². The van der Waals surface area contributed by atoms with Crippen LogP contribution >= 0.6 is 11.8 Å². The lowest BCUT2D eigenvalue weighted by atomic mass is 9.85. The first-order chi connectivity index (χ1) is 12.7. The van der Waals surface area contributed by atoms with Crippen LogP contribution in [-0.4, -0.2) is 34.3 Å². The highest BCUT2D eigenvalue weighted by Crippen LogP contribution is 2.40. The zero-order chi connectivity index (χ0) is 19.8. The number of rotatable bonds is 3. The average molecular weight is 387 g/mol. The van der Waals surface area contributed by atoms with Crippen LogP contribution in [0.4, 0.5) is 0 Å². The number of thioether (sulfide) groups is 1. The molecule has 0 aromatic heterocycles. The Hall–Kier alpha value is -2.08. The van der Waals surface area contributed by atoms with Crippen LogP contribution in [0.25, 0.3) is 0 Å². The molecule has 27 heavy (non-hydrogen) atoms. The predicted molar refractivity (Wildman–Crippen MR) is 109 cm³/mol. The lowest BCUT2D eigenvalue weighted by Gasteiger charge is -2.39. The molecule has 2 heterocycles. The van der Waals surface area contributed by atoms with Gasteiger partial charge in [0.15, 0.2) is 5.17 Å². The molecule has 144 valence electrons. The lowest BCUT2D eigenvalue weighted by Crippen LogP contribution is -2.45. The van der Waals surface area contributed by atoms with Gasteiger partial charge in [-0.15, -0.1) is 0 Å². The van der Waals surface area contributed by atoms with Crippen LogP contribution in [0, 0.1) is 0 Å². The van der Waals surface area contributed by atoms with E-state index < -0.39 is 12.0 Å². The number of hydrogen-bond acceptors (Lipinski definition) is 5. The summed E-state index contributed by atoms with van der Waals surface area (Å²) in [5, 5.41) is 0.668. The lowest BCUT2D eigenvalue weighted by molar-refractivity contribution is -0.139. The molecule has 0 radical (unpaired) electrons. The predicted octanol–water partition coefficient (Wildman–Crippen LogP) is 4.20. The molecular formula is C21H26N2O3S. The Balaban J connectivity index is 2.11. The number of nitrogens with zero attached hydrogens (tertiary/aromatic N) is 2. The van der Waals surface area contributed by atoms with Crippen LogP contribution in [0.2, 0.25) is 0 Å². The largest absolute Gasteiger partial charge is 0.463 e. The fourth-order valence-electron chi connectivity index (χ4n) is 3.35. The number of carbonyl (C=O) groups excluding carboxylic acids is 2.